The van der Waals surface area contributed by atoms with Crippen molar-refractivity contribution in [1.29, 1.82) is 0 Å². The summed E-state index contributed by atoms with van der Waals surface area (Å²) < 4.78 is 16.2. The first-order chi connectivity index (χ1) is 15.1. The van der Waals surface area contributed by atoms with Gasteiger partial charge >= 0.3 is 0 Å². The van der Waals surface area contributed by atoms with E-state index in [0.29, 0.717) is 35.4 Å². The molecule has 2 aromatic rings. The molecule has 1 saturated carbocycles. The second-order valence-electron chi connectivity index (χ2n) is 8.04. The molecule has 0 heterocycles. The van der Waals surface area contributed by atoms with Crippen molar-refractivity contribution in [2.24, 2.45) is 0 Å². The standard InChI is InChI=1S/C25H34N2O4/c1-27(20-12-6-5-7-13-20)17-19-11-9-8-10-18(19)16-26-25(28)21-14-15-22(29-2)24(31-4)23(21)30-3/h8-11,14-15,20H,5-7,12-13,16-17H2,1-4H3,(H,26,28). The molecular formula is C25H34N2O4. The maximum absolute atomic E-state index is 12.9. The molecule has 0 aromatic heterocycles. The molecule has 2 aromatic carbocycles. The Morgan fingerprint density at radius 3 is 2.26 bits per heavy atom. The van der Waals surface area contributed by atoms with E-state index in [-0.39, 0.29) is 5.91 Å². The Hall–Kier alpha value is -2.73. The predicted octanol–water partition coefficient (Wildman–Crippen LogP) is 4.41. The lowest BCUT2D eigenvalue weighted by molar-refractivity contribution is 0.0947. The fraction of sp³-hybridized carbons (Fsp3) is 0.480. The molecule has 1 fully saturated rings. The van der Waals surface area contributed by atoms with Crippen molar-refractivity contribution < 1.29 is 19.0 Å². The fourth-order valence-corrected chi connectivity index (χ4v) is 4.35. The van der Waals surface area contributed by atoms with Crippen molar-refractivity contribution in [2.75, 3.05) is 28.4 Å². The average Bonchev–Trinajstić information content (AvgIpc) is 2.82. The topological polar surface area (TPSA) is 60.0 Å². The number of benzene rings is 2. The first kappa shape index (κ1) is 22.9. The van der Waals surface area contributed by atoms with E-state index in [9.17, 15) is 4.79 Å². The summed E-state index contributed by atoms with van der Waals surface area (Å²) in [7, 11) is 6.81. The molecule has 6 heteroatoms. The van der Waals surface area contributed by atoms with Crippen LogP contribution in [-0.2, 0) is 13.1 Å². The Kier molecular flexibility index (Phi) is 8.18. The number of methoxy groups -OCH3 is 3. The Morgan fingerprint density at radius 1 is 0.935 bits per heavy atom. The van der Waals surface area contributed by atoms with E-state index in [1.807, 2.05) is 6.07 Å². The van der Waals surface area contributed by atoms with Crippen LogP contribution in [0.4, 0.5) is 0 Å². The van der Waals surface area contributed by atoms with Crippen LogP contribution >= 0.6 is 0 Å². The Bertz CT molecular complexity index is 878. The van der Waals surface area contributed by atoms with E-state index in [0.717, 1.165) is 12.1 Å². The Balaban J connectivity index is 1.71. The van der Waals surface area contributed by atoms with E-state index in [4.69, 9.17) is 14.2 Å². The van der Waals surface area contributed by atoms with Gasteiger partial charge in [-0.05, 0) is 43.1 Å². The number of ether oxygens (including phenoxy) is 3. The zero-order chi connectivity index (χ0) is 22.2. The lowest BCUT2D eigenvalue weighted by atomic mass is 9.94. The second kappa shape index (κ2) is 11.0. The van der Waals surface area contributed by atoms with Crippen LogP contribution in [0.3, 0.4) is 0 Å². The number of carbonyl (C=O) groups is 1. The first-order valence-electron chi connectivity index (χ1n) is 10.9. The highest BCUT2D eigenvalue weighted by molar-refractivity contribution is 5.98. The molecule has 1 amide bonds. The van der Waals surface area contributed by atoms with Crippen LogP contribution in [0, 0.1) is 0 Å². The number of nitrogens with zero attached hydrogens (tertiary/aromatic N) is 1. The monoisotopic (exact) mass is 426 g/mol. The minimum atomic E-state index is -0.215. The maximum atomic E-state index is 12.9. The van der Waals surface area contributed by atoms with Gasteiger partial charge in [0.25, 0.3) is 5.91 Å². The van der Waals surface area contributed by atoms with E-state index in [1.165, 1.54) is 51.9 Å². The molecule has 31 heavy (non-hydrogen) atoms. The van der Waals surface area contributed by atoms with Crippen molar-refractivity contribution in [1.82, 2.24) is 10.2 Å². The minimum absolute atomic E-state index is 0.215. The van der Waals surface area contributed by atoms with Crippen molar-refractivity contribution in [3.05, 3.63) is 53.1 Å². The van der Waals surface area contributed by atoms with E-state index in [2.05, 4.69) is 35.5 Å². The van der Waals surface area contributed by atoms with Crippen molar-refractivity contribution in [2.45, 2.75) is 51.2 Å². The average molecular weight is 427 g/mol. The zero-order valence-corrected chi connectivity index (χ0v) is 19.1. The van der Waals surface area contributed by atoms with Gasteiger partial charge in [0, 0.05) is 19.1 Å². The number of hydrogen-bond acceptors (Lipinski definition) is 5. The van der Waals surface area contributed by atoms with Crippen LogP contribution in [-0.4, -0.2) is 45.2 Å². The highest BCUT2D eigenvalue weighted by Crippen LogP contribution is 2.39. The molecule has 0 spiro atoms. The van der Waals surface area contributed by atoms with Crippen molar-refractivity contribution in [3.63, 3.8) is 0 Å². The normalized spacial score (nSPS) is 14.4. The summed E-state index contributed by atoms with van der Waals surface area (Å²) in [6.45, 7) is 1.33. The summed E-state index contributed by atoms with van der Waals surface area (Å²) in [5.41, 5.74) is 2.78. The molecule has 0 bridgehead atoms. The molecule has 0 unspecified atom stereocenters. The smallest absolute Gasteiger partial charge is 0.255 e. The van der Waals surface area contributed by atoms with Gasteiger partial charge in [0.2, 0.25) is 5.75 Å². The summed E-state index contributed by atoms with van der Waals surface area (Å²) in [5.74, 6) is 1.08. The molecule has 1 N–H and O–H groups in total. The van der Waals surface area contributed by atoms with E-state index < -0.39 is 0 Å². The van der Waals surface area contributed by atoms with Gasteiger partial charge in [0.1, 0.15) is 0 Å². The van der Waals surface area contributed by atoms with Gasteiger partial charge in [-0.1, -0.05) is 43.5 Å². The van der Waals surface area contributed by atoms with Gasteiger partial charge in [-0.3, -0.25) is 9.69 Å². The largest absolute Gasteiger partial charge is 0.493 e. The van der Waals surface area contributed by atoms with E-state index >= 15 is 0 Å². The fourth-order valence-electron chi connectivity index (χ4n) is 4.35. The third-order valence-corrected chi connectivity index (χ3v) is 6.12. The molecule has 1 aliphatic carbocycles. The molecule has 0 radical (unpaired) electrons. The molecule has 0 atom stereocenters. The molecule has 0 aliphatic heterocycles. The predicted molar refractivity (Wildman–Crippen MR) is 122 cm³/mol. The maximum Gasteiger partial charge on any atom is 0.255 e. The van der Waals surface area contributed by atoms with Crippen LogP contribution in [0.5, 0.6) is 17.2 Å². The number of hydrogen-bond donors (Lipinski definition) is 1. The van der Waals surface area contributed by atoms with Gasteiger partial charge in [0.15, 0.2) is 11.5 Å². The van der Waals surface area contributed by atoms with Crippen LogP contribution in [0.1, 0.15) is 53.6 Å². The summed E-state index contributed by atoms with van der Waals surface area (Å²) in [4.78, 5) is 15.4. The molecule has 168 valence electrons. The molecule has 3 rings (SSSR count). The van der Waals surface area contributed by atoms with Crippen LogP contribution < -0.4 is 19.5 Å². The third kappa shape index (κ3) is 5.50. The number of rotatable bonds is 9. The highest BCUT2D eigenvalue weighted by atomic mass is 16.5. The molecule has 0 saturated heterocycles. The Morgan fingerprint density at radius 2 is 1.61 bits per heavy atom. The number of amides is 1. The van der Waals surface area contributed by atoms with Gasteiger partial charge in [0.05, 0.1) is 26.9 Å². The summed E-state index contributed by atoms with van der Waals surface area (Å²) in [6, 6.07) is 12.4. The lowest BCUT2D eigenvalue weighted by Crippen LogP contribution is -2.33. The van der Waals surface area contributed by atoms with Gasteiger partial charge in [-0.2, -0.15) is 0 Å². The van der Waals surface area contributed by atoms with Crippen molar-refractivity contribution in [3.8, 4) is 17.2 Å². The minimum Gasteiger partial charge on any atom is -0.493 e. The second-order valence-corrected chi connectivity index (χ2v) is 8.04. The first-order valence-corrected chi connectivity index (χ1v) is 10.9. The lowest BCUT2D eigenvalue weighted by Gasteiger charge is -2.31. The Labute approximate surface area is 185 Å². The van der Waals surface area contributed by atoms with E-state index in [1.54, 1.807) is 19.2 Å². The van der Waals surface area contributed by atoms with Gasteiger partial charge < -0.3 is 19.5 Å². The van der Waals surface area contributed by atoms with Crippen LogP contribution in [0.25, 0.3) is 0 Å². The van der Waals surface area contributed by atoms with Gasteiger partial charge in [-0.15, -0.1) is 0 Å². The molecular weight excluding hydrogens is 392 g/mol. The highest BCUT2D eigenvalue weighted by Gasteiger charge is 2.21. The van der Waals surface area contributed by atoms with Crippen molar-refractivity contribution >= 4 is 5.91 Å². The molecule has 6 nitrogen and oxygen atoms in total. The molecule has 1 aliphatic rings. The van der Waals surface area contributed by atoms with Crippen LogP contribution in [0.2, 0.25) is 0 Å². The van der Waals surface area contributed by atoms with Crippen LogP contribution in [0.15, 0.2) is 36.4 Å². The quantitative estimate of drug-likeness (QED) is 0.644. The summed E-state index contributed by atoms with van der Waals surface area (Å²) in [6.07, 6.45) is 6.54. The SMILES string of the molecule is COc1ccc(C(=O)NCc2ccccc2CN(C)C2CCCCC2)c(OC)c1OC. The van der Waals surface area contributed by atoms with Gasteiger partial charge in [-0.25, -0.2) is 0 Å². The summed E-state index contributed by atoms with van der Waals surface area (Å²) >= 11 is 0. The number of nitrogens with one attached hydrogen (secondary N) is 1. The third-order valence-electron chi connectivity index (χ3n) is 6.12. The number of carbonyl (C=O) groups excluding carboxylic acids is 1. The zero-order valence-electron chi connectivity index (χ0n) is 19.1. The summed E-state index contributed by atoms with van der Waals surface area (Å²) in [5, 5.41) is 3.04.